The third-order valence-electron chi connectivity index (χ3n) is 3.99. The van der Waals surface area contributed by atoms with Gasteiger partial charge in [0.2, 0.25) is 0 Å². The lowest BCUT2D eigenvalue weighted by atomic mass is 10.1. The van der Waals surface area contributed by atoms with E-state index in [0.29, 0.717) is 17.9 Å². The number of hydrogen-bond donors (Lipinski definition) is 1. The van der Waals surface area contributed by atoms with Crippen LogP contribution < -0.4 is 10.2 Å². The first kappa shape index (κ1) is 17.0. The molecule has 3 heteroatoms. The van der Waals surface area contributed by atoms with Crippen LogP contribution in [0.1, 0.15) is 45.9 Å². The Labute approximate surface area is 124 Å². The Bertz CT molecular complexity index is 413. The van der Waals surface area contributed by atoms with E-state index in [0.717, 1.165) is 24.6 Å². The molecule has 0 saturated carbocycles. The fraction of sp³-hybridized carbons (Fsp3) is 0.706. The number of pyridine rings is 1. The summed E-state index contributed by atoms with van der Waals surface area (Å²) in [7, 11) is 2.13. The van der Waals surface area contributed by atoms with Gasteiger partial charge in [-0.3, -0.25) is 0 Å². The minimum absolute atomic E-state index is 0.492. The number of nitrogens with zero attached hydrogens (tertiary/aromatic N) is 2. The van der Waals surface area contributed by atoms with Crippen LogP contribution in [0.3, 0.4) is 0 Å². The molecule has 0 aliphatic heterocycles. The normalized spacial score (nSPS) is 13.1. The van der Waals surface area contributed by atoms with Crippen LogP contribution in [0.4, 0.5) is 5.82 Å². The Kier molecular flexibility index (Phi) is 6.47. The Morgan fingerprint density at radius 3 is 2.30 bits per heavy atom. The largest absolute Gasteiger partial charge is 0.357 e. The number of rotatable bonds is 7. The minimum atomic E-state index is 0.492. The van der Waals surface area contributed by atoms with E-state index in [1.54, 1.807) is 0 Å². The van der Waals surface area contributed by atoms with Gasteiger partial charge >= 0.3 is 0 Å². The van der Waals surface area contributed by atoms with Crippen molar-refractivity contribution in [2.24, 2.45) is 11.8 Å². The molecule has 0 aromatic carbocycles. The van der Waals surface area contributed by atoms with E-state index in [1.165, 1.54) is 5.56 Å². The first-order valence-electron chi connectivity index (χ1n) is 7.73. The molecule has 0 bridgehead atoms. The lowest BCUT2D eigenvalue weighted by molar-refractivity contribution is 0.502. The number of aryl methyl sites for hydroxylation is 1. The maximum absolute atomic E-state index is 4.76. The zero-order valence-corrected chi connectivity index (χ0v) is 14.2. The quantitative estimate of drug-likeness (QED) is 0.825. The van der Waals surface area contributed by atoms with Crippen molar-refractivity contribution in [2.45, 2.75) is 54.1 Å². The maximum atomic E-state index is 4.76. The highest BCUT2D eigenvalue weighted by Crippen LogP contribution is 2.19. The van der Waals surface area contributed by atoms with Crippen molar-refractivity contribution < 1.29 is 0 Å². The van der Waals surface area contributed by atoms with Crippen molar-refractivity contribution >= 4 is 5.82 Å². The summed E-state index contributed by atoms with van der Waals surface area (Å²) in [6.07, 6.45) is 0. The van der Waals surface area contributed by atoms with Gasteiger partial charge in [-0.05, 0) is 43.9 Å². The number of nitrogens with one attached hydrogen (secondary N) is 1. The number of aromatic nitrogens is 1. The van der Waals surface area contributed by atoms with Crippen LogP contribution in [0.25, 0.3) is 0 Å². The smallest absolute Gasteiger partial charge is 0.128 e. The van der Waals surface area contributed by atoms with Gasteiger partial charge < -0.3 is 10.2 Å². The summed E-state index contributed by atoms with van der Waals surface area (Å²) in [6.45, 7) is 15.2. The van der Waals surface area contributed by atoms with Crippen LogP contribution in [-0.2, 0) is 6.54 Å². The Hall–Kier alpha value is -1.09. The molecular weight excluding hydrogens is 246 g/mol. The molecule has 0 amide bonds. The molecule has 1 rings (SSSR count). The lowest BCUT2D eigenvalue weighted by Crippen LogP contribution is -2.34. The van der Waals surface area contributed by atoms with Gasteiger partial charge in [-0.2, -0.15) is 0 Å². The van der Waals surface area contributed by atoms with Crippen molar-refractivity contribution in [1.29, 1.82) is 0 Å². The molecule has 3 nitrogen and oxygen atoms in total. The third-order valence-corrected chi connectivity index (χ3v) is 3.99. The summed E-state index contributed by atoms with van der Waals surface area (Å²) in [5.41, 5.74) is 2.42. The molecule has 1 heterocycles. The number of hydrogen-bond acceptors (Lipinski definition) is 3. The van der Waals surface area contributed by atoms with Crippen LogP contribution in [0.5, 0.6) is 0 Å². The molecule has 0 aliphatic rings. The fourth-order valence-corrected chi connectivity index (χ4v) is 2.11. The summed E-state index contributed by atoms with van der Waals surface area (Å²) < 4.78 is 0. The molecule has 0 spiro atoms. The molecule has 0 radical (unpaired) electrons. The monoisotopic (exact) mass is 277 g/mol. The number of anilines is 1. The van der Waals surface area contributed by atoms with E-state index in [-0.39, 0.29) is 0 Å². The zero-order chi connectivity index (χ0) is 15.3. The second-order valence-electron chi connectivity index (χ2n) is 6.53. The van der Waals surface area contributed by atoms with Crippen LogP contribution in [0.2, 0.25) is 0 Å². The van der Waals surface area contributed by atoms with Crippen LogP contribution in [-0.4, -0.2) is 24.6 Å². The molecule has 0 saturated heterocycles. The molecule has 0 aliphatic carbocycles. The molecule has 114 valence electrons. The van der Waals surface area contributed by atoms with Crippen LogP contribution in [0, 0.1) is 18.8 Å². The summed E-state index contributed by atoms with van der Waals surface area (Å²) in [5, 5.41) is 3.48. The van der Waals surface area contributed by atoms with Crippen molar-refractivity contribution in [3.8, 4) is 0 Å². The highest BCUT2D eigenvalue weighted by molar-refractivity contribution is 5.41. The fourth-order valence-electron chi connectivity index (χ4n) is 2.11. The van der Waals surface area contributed by atoms with E-state index in [1.807, 2.05) is 0 Å². The second-order valence-corrected chi connectivity index (χ2v) is 6.53. The van der Waals surface area contributed by atoms with Crippen molar-refractivity contribution in [3.63, 3.8) is 0 Å². The topological polar surface area (TPSA) is 28.2 Å². The first-order chi connectivity index (χ1) is 9.32. The highest BCUT2D eigenvalue weighted by Gasteiger charge is 2.15. The van der Waals surface area contributed by atoms with E-state index < -0.39 is 0 Å². The molecule has 0 fully saturated rings. The van der Waals surface area contributed by atoms with Gasteiger partial charge in [0, 0.05) is 25.3 Å². The molecule has 1 N–H and O–H groups in total. The SMILES string of the molecule is Cc1nc(N(C)C(C)C(C)C)ccc1CNCC(C)C. The van der Waals surface area contributed by atoms with E-state index in [9.17, 15) is 0 Å². The predicted octanol–water partition coefficient (Wildman–Crippen LogP) is 3.62. The van der Waals surface area contributed by atoms with E-state index in [4.69, 9.17) is 4.98 Å². The van der Waals surface area contributed by atoms with E-state index >= 15 is 0 Å². The maximum Gasteiger partial charge on any atom is 0.128 e. The molecule has 1 unspecified atom stereocenters. The van der Waals surface area contributed by atoms with Gasteiger partial charge in [-0.1, -0.05) is 33.8 Å². The molecule has 20 heavy (non-hydrogen) atoms. The van der Waals surface area contributed by atoms with Gasteiger partial charge in [0.25, 0.3) is 0 Å². The summed E-state index contributed by atoms with van der Waals surface area (Å²) in [6, 6.07) is 4.83. The standard InChI is InChI=1S/C17H31N3/c1-12(2)10-18-11-16-8-9-17(19-14(16)5)20(7)15(6)13(3)4/h8-9,12-13,15,18H,10-11H2,1-7H3. The van der Waals surface area contributed by atoms with Gasteiger partial charge in [0.1, 0.15) is 5.82 Å². The Morgan fingerprint density at radius 2 is 1.80 bits per heavy atom. The van der Waals surface area contributed by atoms with Crippen LogP contribution >= 0.6 is 0 Å². The molecule has 1 aromatic rings. The molecular formula is C17H31N3. The zero-order valence-electron chi connectivity index (χ0n) is 14.2. The summed E-state index contributed by atoms with van der Waals surface area (Å²) >= 11 is 0. The van der Waals surface area contributed by atoms with Gasteiger partial charge in [-0.15, -0.1) is 0 Å². The Balaban J connectivity index is 2.72. The average molecular weight is 277 g/mol. The van der Waals surface area contributed by atoms with Gasteiger partial charge in [-0.25, -0.2) is 4.98 Å². The average Bonchev–Trinajstić information content (AvgIpc) is 2.38. The summed E-state index contributed by atoms with van der Waals surface area (Å²) in [5.74, 6) is 2.37. The lowest BCUT2D eigenvalue weighted by Gasteiger charge is -2.29. The van der Waals surface area contributed by atoms with Gasteiger partial charge in [0.05, 0.1) is 0 Å². The Morgan fingerprint density at radius 1 is 1.15 bits per heavy atom. The second kappa shape index (κ2) is 7.63. The summed E-state index contributed by atoms with van der Waals surface area (Å²) in [4.78, 5) is 7.03. The van der Waals surface area contributed by atoms with Crippen LogP contribution in [0.15, 0.2) is 12.1 Å². The highest BCUT2D eigenvalue weighted by atomic mass is 15.2. The van der Waals surface area contributed by atoms with Crippen molar-refractivity contribution in [1.82, 2.24) is 10.3 Å². The third kappa shape index (κ3) is 4.78. The van der Waals surface area contributed by atoms with Crippen molar-refractivity contribution in [3.05, 3.63) is 23.4 Å². The van der Waals surface area contributed by atoms with Gasteiger partial charge in [0.15, 0.2) is 0 Å². The van der Waals surface area contributed by atoms with E-state index in [2.05, 4.69) is 70.9 Å². The molecule has 1 aromatic heterocycles. The molecule has 1 atom stereocenters. The minimum Gasteiger partial charge on any atom is -0.357 e. The van der Waals surface area contributed by atoms with Crippen molar-refractivity contribution in [2.75, 3.05) is 18.5 Å². The predicted molar refractivity (Wildman–Crippen MR) is 88.2 cm³/mol. The first-order valence-corrected chi connectivity index (χ1v) is 7.73.